The molecule has 1 heterocycles. The fraction of sp³-hybridized carbons (Fsp3) is 0.571. The van der Waals surface area contributed by atoms with E-state index in [0.717, 1.165) is 48.7 Å². The van der Waals surface area contributed by atoms with Gasteiger partial charge in [0.25, 0.3) is 0 Å². The number of carbonyl (C=O) groups is 1. The number of benzene rings is 1. The van der Waals surface area contributed by atoms with Crippen LogP contribution in [0.2, 0.25) is 0 Å². The first-order valence-corrected chi connectivity index (χ1v) is 10.9. The molecule has 0 aliphatic carbocycles. The van der Waals surface area contributed by atoms with Crippen LogP contribution in [0.4, 0.5) is 9.52 Å². The third-order valence-electron chi connectivity index (χ3n) is 4.78. The largest absolute Gasteiger partial charge is 0.356 e. The van der Waals surface area contributed by atoms with Crippen molar-refractivity contribution in [1.29, 1.82) is 0 Å². The minimum Gasteiger partial charge on any atom is -0.356 e. The predicted octanol–water partition coefficient (Wildman–Crippen LogP) is 4.57. The first-order valence-electron chi connectivity index (χ1n) is 10.1. The number of amides is 1. The van der Waals surface area contributed by atoms with E-state index in [2.05, 4.69) is 40.3 Å². The van der Waals surface area contributed by atoms with E-state index in [4.69, 9.17) is 0 Å². The third kappa shape index (κ3) is 7.19. The lowest BCUT2D eigenvalue weighted by Gasteiger charge is -2.27. The Kier molecular flexibility index (Phi) is 9.34. The summed E-state index contributed by atoms with van der Waals surface area (Å²) in [5.74, 6) is 0.566. The van der Waals surface area contributed by atoms with Crippen LogP contribution in [0.3, 0.4) is 0 Å². The fourth-order valence-corrected chi connectivity index (χ4v) is 3.67. The van der Waals surface area contributed by atoms with Crippen molar-refractivity contribution in [2.24, 2.45) is 0 Å². The summed E-state index contributed by atoms with van der Waals surface area (Å²) in [6, 6.07) is 6.69. The number of hydrogen-bond donors (Lipinski definition) is 1. The van der Waals surface area contributed by atoms with Crippen LogP contribution in [0, 0.1) is 5.82 Å². The lowest BCUT2D eigenvalue weighted by atomic mass is 10.1. The molecule has 1 amide bonds. The molecule has 0 fully saturated rings. The minimum absolute atomic E-state index is 0.0838. The standard InChI is InChI=1S/C21H31FN4OS/c1-4-6-7-13-23-20(27)12-14-26(16(3)5-2)21-24-19(25-28-21)15-17-8-10-18(22)11-9-17/h8-11,16H,4-7,12-15H2,1-3H3,(H,23,27)/t16-/m0/s1. The number of unbranched alkanes of at least 4 members (excludes halogenated alkanes) is 2. The molecule has 28 heavy (non-hydrogen) atoms. The minimum atomic E-state index is -0.244. The highest BCUT2D eigenvalue weighted by Crippen LogP contribution is 2.22. The summed E-state index contributed by atoms with van der Waals surface area (Å²) in [7, 11) is 0. The Hall–Kier alpha value is -2.02. The van der Waals surface area contributed by atoms with Crippen molar-refractivity contribution >= 4 is 22.6 Å². The highest BCUT2D eigenvalue weighted by molar-refractivity contribution is 7.09. The molecule has 2 aromatic rings. The van der Waals surface area contributed by atoms with Gasteiger partial charge in [-0.2, -0.15) is 4.37 Å². The number of aromatic nitrogens is 2. The molecule has 1 aromatic carbocycles. The van der Waals surface area contributed by atoms with E-state index < -0.39 is 0 Å². The Morgan fingerprint density at radius 2 is 2.00 bits per heavy atom. The molecule has 1 atom stereocenters. The molecule has 2 rings (SSSR count). The van der Waals surface area contributed by atoms with Gasteiger partial charge in [0.2, 0.25) is 11.0 Å². The van der Waals surface area contributed by atoms with Crippen molar-refractivity contribution in [2.45, 2.75) is 65.3 Å². The van der Waals surface area contributed by atoms with Gasteiger partial charge in [-0.05, 0) is 37.5 Å². The highest BCUT2D eigenvalue weighted by Gasteiger charge is 2.19. The topological polar surface area (TPSA) is 58.1 Å². The summed E-state index contributed by atoms with van der Waals surface area (Å²) < 4.78 is 17.5. The van der Waals surface area contributed by atoms with Gasteiger partial charge in [-0.1, -0.05) is 38.8 Å². The summed E-state index contributed by atoms with van der Waals surface area (Å²) in [5.41, 5.74) is 0.979. The molecule has 7 heteroatoms. The van der Waals surface area contributed by atoms with E-state index in [9.17, 15) is 9.18 Å². The summed E-state index contributed by atoms with van der Waals surface area (Å²) in [6.07, 6.45) is 5.30. The van der Waals surface area contributed by atoms with E-state index in [1.807, 2.05) is 0 Å². The zero-order valence-corrected chi connectivity index (χ0v) is 17.9. The molecule has 0 radical (unpaired) electrons. The summed E-state index contributed by atoms with van der Waals surface area (Å²) in [4.78, 5) is 19.0. The lowest BCUT2D eigenvalue weighted by molar-refractivity contribution is -0.120. The molecule has 5 nitrogen and oxygen atoms in total. The van der Waals surface area contributed by atoms with Crippen molar-refractivity contribution in [3.05, 3.63) is 41.5 Å². The van der Waals surface area contributed by atoms with Crippen LogP contribution in [0.25, 0.3) is 0 Å². The average Bonchev–Trinajstić information content (AvgIpc) is 3.15. The molecule has 1 N–H and O–H groups in total. The van der Waals surface area contributed by atoms with Gasteiger partial charge in [0.15, 0.2) is 0 Å². The van der Waals surface area contributed by atoms with E-state index in [1.165, 1.54) is 23.7 Å². The second-order valence-electron chi connectivity index (χ2n) is 7.05. The fourth-order valence-electron chi connectivity index (χ4n) is 2.86. The van der Waals surface area contributed by atoms with Crippen LogP contribution in [-0.4, -0.2) is 34.4 Å². The van der Waals surface area contributed by atoms with Crippen LogP contribution in [-0.2, 0) is 11.2 Å². The smallest absolute Gasteiger partial charge is 0.221 e. The van der Waals surface area contributed by atoms with Crippen molar-refractivity contribution < 1.29 is 9.18 Å². The molecule has 1 aromatic heterocycles. The van der Waals surface area contributed by atoms with Crippen LogP contribution in [0.5, 0.6) is 0 Å². The van der Waals surface area contributed by atoms with Crippen LogP contribution in [0.15, 0.2) is 24.3 Å². The van der Waals surface area contributed by atoms with Crippen LogP contribution in [0.1, 0.15) is 64.3 Å². The van der Waals surface area contributed by atoms with Gasteiger partial charge in [0.05, 0.1) is 0 Å². The number of carbonyl (C=O) groups excluding carboxylic acids is 1. The molecule has 0 unspecified atom stereocenters. The first-order chi connectivity index (χ1) is 13.5. The number of rotatable bonds is 12. The molecule has 154 valence electrons. The SMILES string of the molecule is CCCCCNC(=O)CCN(c1nc(Cc2ccc(F)cc2)ns1)[C@@H](C)CC. The van der Waals surface area contributed by atoms with Crippen molar-refractivity contribution in [3.8, 4) is 0 Å². The van der Waals surface area contributed by atoms with E-state index in [0.29, 0.717) is 19.4 Å². The molecule has 0 saturated heterocycles. The molecule has 0 bridgehead atoms. The molecule has 0 aliphatic rings. The van der Waals surface area contributed by atoms with Crippen molar-refractivity contribution in [2.75, 3.05) is 18.0 Å². The number of nitrogens with zero attached hydrogens (tertiary/aromatic N) is 3. The van der Waals surface area contributed by atoms with Gasteiger partial charge in [-0.3, -0.25) is 4.79 Å². The van der Waals surface area contributed by atoms with Crippen molar-refractivity contribution in [3.63, 3.8) is 0 Å². The maximum absolute atomic E-state index is 13.1. The highest BCUT2D eigenvalue weighted by atomic mass is 32.1. The summed E-state index contributed by atoms with van der Waals surface area (Å²) >= 11 is 1.36. The number of anilines is 1. The van der Waals surface area contributed by atoms with Gasteiger partial charge in [0, 0.05) is 43.5 Å². The quantitative estimate of drug-likeness (QED) is 0.525. The second kappa shape index (κ2) is 11.7. The Morgan fingerprint density at radius 3 is 2.68 bits per heavy atom. The van der Waals surface area contributed by atoms with Crippen LogP contribution < -0.4 is 10.2 Å². The maximum Gasteiger partial charge on any atom is 0.221 e. The van der Waals surface area contributed by atoms with Gasteiger partial charge in [-0.15, -0.1) is 0 Å². The molecular weight excluding hydrogens is 375 g/mol. The first kappa shape index (κ1) is 22.3. The van der Waals surface area contributed by atoms with Gasteiger partial charge >= 0.3 is 0 Å². The third-order valence-corrected chi connectivity index (χ3v) is 5.57. The monoisotopic (exact) mass is 406 g/mol. The van der Waals surface area contributed by atoms with E-state index >= 15 is 0 Å². The average molecular weight is 407 g/mol. The normalized spacial score (nSPS) is 12.0. The number of hydrogen-bond acceptors (Lipinski definition) is 5. The van der Waals surface area contributed by atoms with Gasteiger partial charge in [0.1, 0.15) is 11.6 Å². The molecule has 0 spiro atoms. The van der Waals surface area contributed by atoms with Gasteiger partial charge in [-0.25, -0.2) is 9.37 Å². The summed E-state index contributed by atoms with van der Waals surface area (Å²) in [6.45, 7) is 7.79. The maximum atomic E-state index is 13.1. The summed E-state index contributed by atoms with van der Waals surface area (Å²) in [5, 5.41) is 3.83. The second-order valence-corrected chi connectivity index (χ2v) is 7.78. The Balaban J connectivity index is 1.94. The van der Waals surface area contributed by atoms with Crippen molar-refractivity contribution in [1.82, 2.24) is 14.7 Å². The Bertz CT molecular complexity index is 719. The van der Waals surface area contributed by atoms with Gasteiger partial charge < -0.3 is 10.2 Å². The van der Waals surface area contributed by atoms with E-state index in [1.54, 1.807) is 12.1 Å². The molecule has 0 aliphatic heterocycles. The lowest BCUT2D eigenvalue weighted by Crippen LogP contribution is -2.36. The predicted molar refractivity (Wildman–Crippen MR) is 113 cm³/mol. The molecular formula is C21H31FN4OS. The van der Waals surface area contributed by atoms with Crippen LogP contribution >= 0.6 is 11.5 Å². The Morgan fingerprint density at radius 1 is 1.25 bits per heavy atom. The number of halogens is 1. The number of nitrogens with one attached hydrogen (secondary N) is 1. The zero-order valence-electron chi connectivity index (χ0n) is 17.1. The zero-order chi connectivity index (χ0) is 20.4. The Labute approximate surface area is 171 Å². The molecule has 0 saturated carbocycles. The van der Waals surface area contributed by atoms with E-state index in [-0.39, 0.29) is 17.8 Å².